The zero-order valence-corrected chi connectivity index (χ0v) is 10.4. The van der Waals surface area contributed by atoms with E-state index in [1.165, 1.54) is 0 Å². The first-order chi connectivity index (χ1) is 8.07. The first-order valence-corrected chi connectivity index (χ1v) is 6.05. The molecule has 0 bridgehead atoms. The lowest BCUT2D eigenvalue weighted by atomic mass is 10.1. The van der Waals surface area contributed by atoms with Gasteiger partial charge in [0.2, 0.25) is 5.91 Å². The van der Waals surface area contributed by atoms with Crippen LogP contribution in [0.1, 0.15) is 20.3 Å². The minimum absolute atomic E-state index is 0.0972. The summed E-state index contributed by atoms with van der Waals surface area (Å²) in [6, 6.07) is -1.02. The summed E-state index contributed by atoms with van der Waals surface area (Å²) in [6.07, 6.45) is 0.877. The van der Waals surface area contributed by atoms with Crippen molar-refractivity contribution in [1.29, 1.82) is 0 Å². The minimum Gasteiger partial charge on any atom is -0.480 e. The lowest BCUT2D eigenvalue weighted by Crippen LogP contribution is -2.60. The quantitative estimate of drug-likeness (QED) is 0.592. The number of nitrogens with zero attached hydrogens (tertiary/aromatic N) is 1. The predicted octanol–water partition coefficient (Wildman–Crippen LogP) is -0.740. The normalized spacial score (nSPS) is 23.1. The largest absolute Gasteiger partial charge is 0.480 e. The van der Waals surface area contributed by atoms with Crippen molar-refractivity contribution in [2.45, 2.75) is 32.4 Å². The molecule has 0 saturated carbocycles. The standard InChI is InChI=1S/C11H21N3O3/c1-3-4-13-10(15)8(2)14-6-5-12-7-9(14)11(16)17/h8-9,12H,3-7H2,1-2H3,(H,13,15)(H,16,17). The van der Waals surface area contributed by atoms with Crippen molar-refractivity contribution in [1.82, 2.24) is 15.5 Å². The average molecular weight is 243 g/mol. The molecule has 98 valence electrons. The van der Waals surface area contributed by atoms with Crippen LogP contribution in [0.15, 0.2) is 0 Å². The lowest BCUT2D eigenvalue weighted by Gasteiger charge is -2.36. The molecule has 2 unspecified atom stereocenters. The summed E-state index contributed by atoms with van der Waals surface area (Å²) in [5.74, 6) is -0.979. The molecule has 6 heteroatoms. The zero-order chi connectivity index (χ0) is 12.8. The molecule has 1 amide bonds. The van der Waals surface area contributed by atoms with Gasteiger partial charge in [-0.05, 0) is 13.3 Å². The Kier molecular flexibility index (Phi) is 5.37. The second-order valence-corrected chi connectivity index (χ2v) is 4.26. The zero-order valence-electron chi connectivity index (χ0n) is 10.4. The maximum atomic E-state index is 11.8. The van der Waals surface area contributed by atoms with E-state index in [-0.39, 0.29) is 5.91 Å². The summed E-state index contributed by atoms with van der Waals surface area (Å²) in [5.41, 5.74) is 0. The fraction of sp³-hybridized carbons (Fsp3) is 0.818. The van der Waals surface area contributed by atoms with Crippen molar-refractivity contribution in [3.05, 3.63) is 0 Å². The first-order valence-electron chi connectivity index (χ1n) is 6.05. The van der Waals surface area contributed by atoms with E-state index in [2.05, 4.69) is 10.6 Å². The molecule has 2 atom stereocenters. The molecule has 0 spiro atoms. The molecule has 0 radical (unpaired) electrons. The number of amides is 1. The Labute approximate surface area is 101 Å². The van der Waals surface area contributed by atoms with E-state index >= 15 is 0 Å². The van der Waals surface area contributed by atoms with Gasteiger partial charge in [-0.15, -0.1) is 0 Å². The Morgan fingerprint density at radius 1 is 1.59 bits per heavy atom. The van der Waals surface area contributed by atoms with Crippen LogP contribution in [0.25, 0.3) is 0 Å². The van der Waals surface area contributed by atoms with Gasteiger partial charge in [-0.25, -0.2) is 0 Å². The Morgan fingerprint density at radius 3 is 2.88 bits per heavy atom. The number of hydrogen-bond acceptors (Lipinski definition) is 4. The van der Waals surface area contributed by atoms with E-state index in [1.54, 1.807) is 11.8 Å². The van der Waals surface area contributed by atoms with Crippen LogP contribution >= 0.6 is 0 Å². The number of carbonyl (C=O) groups is 2. The fourth-order valence-corrected chi connectivity index (χ4v) is 1.96. The van der Waals surface area contributed by atoms with E-state index in [4.69, 9.17) is 5.11 Å². The van der Waals surface area contributed by atoms with Gasteiger partial charge >= 0.3 is 5.97 Å². The summed E-state index contributed by atoms with van der Waals surface area (Å²) < 4.78 is 0. The molecule has 0 aromatic heterocycles. The first kappa shape index (κ1) is 13.9. The van der Waals surface area contributed by atoms with Crippen molar-refractivity contribution in [2.75, 3.05) is 26.2 Å². The van der Waals surface area contributed by atoms with E-state index in [1.807, 2.05) is 6.92 Å². The summed E-state index contributed by atoms with van der Waals surface area (Å²) in [4.78, 5) is 24.6. The molecule has 0 aromatic rings. The highest BCUT2D eigenvalue weighted by Crippen LogP contribution is 2.09. The third-order valence-corrected chi connectivity index (χ3v) is 3.00. The lowest BCUT2D eigenvalue weighted by molar-refractivity contribution is -0.146. The third-order valence-electron chi connectivity index (χ3n) is 3.00. The Morgan fingerprint density at radius 2 is 2.29 bits per heavy atom. The van der Waals surface area contributed by atoms with Crippen molar-refractivity contribution in [2.24, 2.45) is 0 Å². The van der Waals surface area contributed by atoms with Gasteiger partial charge < -0.3 is 15.7 Å². The van der Waals surface area contributed by atoms with Gasteiger partial charge in [0.15, 0.2) is 0 Å². The van der Waals surface area contributed by atoms with Crippen molar-refractivity contribution in [3.8, 4) is 0 Å². The maximum Gasteiger partial charge on any atom is 0.322 e. The second kappa shape index (κ2) is 6.56. The van der Waals surface area contributed by atoms with E-state index in [0.717, 1.165) is 13.0 Å². The summed E-state index contributed by atoms with van der Waals surface area (Å²) in [7, 11) is 0. The van der Waals surface area contributed by atoms with E-state index in [0.29, 0.717) is 19.6 Å². The SMILES string of the molecule is CCCNC(=O)C(C)N1CCNCC1C(=O)O. The van der Waals surface area contributed by atoms with Crippen molar-refractivity contribution >= 4 is 11.9 Å². The van der Waals surface area contributed by atoms with Crippen LogP contribution in [0.3, 0.4) is 0 Å². The van der Waals surface area contributed by atoms with Gasteiger partial charge in [0.25, 0.3) is 0 Å². The average Bonchev–Trinajstić information content (AvgIpc) is 2.34. The Hall–Kier alpha value is -1.14. The van der Waals surface area contributed by atoms with Crippen LogP contribution in [0.4, 0.5) is 0 Å². The molecule has 0 aromatic carbocycles. The number of aliphatic carboxylic acids is 1. The van der Waals surface area contributed by atoms with Gasteiger partial charge in [-0.3, -0.25) is 14.5 Å². The van der Waals surface area contributed by atoms with E-state index < -0.39 is 18.1 Å². The number of nitrogens with one attached hydrogen (secondary N) is 2. The van der Waals surface area contributed by atoms with E-state index in [9.17, 15) is 9.59 Å². The van der Waals surface area contributed by atoms with Gasteiger partial charge in [0.1, 0.15) is 6.04 Å². The van der Waals surface area contributed by atoms with Crippen LogP contribution in [-0.4, -0.2) is 60.1 Å². The number of carboxylic acid groups (broad SMARTS) is 1. The monoisotopic (exact) mass is 243 g/mol. The maximum absolute atomic E-state index is 11.8. The van der Waals surface area contributed by atoms with Crippen LogP contribution in [-0.2, 0) is 9.59 Å². The van der Waals surface area contributed by atoms with Crippen molar-refractivity contribution in [3.63, 3.8) is 0 Å². The van der Waals surface area contributed by atoms with Gasteiger partial charge in [0.05, 0.1) is 6.04 Å². The second-order valence-electron chi connectivity index (χ2n) is 4.26. The highest BCUT2D eigenvalue weighted by atomic mass is 16.4. The summed E-state index contributed by atoms with van der Waals surface area (Å²) in [5, 5.41) is 14.9. The Bertz CT molecular complexity index is 283. The fourth-order valence-electron chi connectivity index (χ4n) is 1.96. The molecule has 1 fully saturated rings. The molecule has 1 saturated heterocycles. The topological polar surface area (TPSA) is 81.7 Å². The third kappa shape index (κ3) is 3.67. The molecular formula is C11H21N3O3. The molecule has 0 aliphatic carbocycles. The summed E-state index contributed by atoms with van der Waals surface area (Å²) in [6.45, 7) is 6.06. The molecule has 3 N–H and O–H groups in total. The number of hydrogen-bond donors (Lipinski definition) is 3. The van der Waals surface area contributed by atoms with Gasteiger partial charge in [-0.2, -0.15) is 0 Å². The highest BCUT2D eigenvalue weighted by Gasteiger charge is 2.34. The number of rotatable bonds is 5. The number of piperazine rings is 1. The Balaban J connectivity index is 2.61. The van der Waals surface area contributed by atoms with Crippen LogP contribution in [0.5, 0.6) is 0 Å². The van der Waals surface area contributed by atoms with Crippen LogP contribution in [0, 0.1) is 0 Å². The van der Waals surface area contributed by atoms with Gasteiger partial charge in [-0.1, -0.05) is 6.92 Å². The minimum atomic E-state index is -0.882. The van der Waals surface area contributed by atoms with Crippen LogP contribution in [0.2, 0.25) is 0 Å². The molecule has 6 nitrogen and oxygen atoms in total. The molecule has 1 aliphatic rings. The molecular weight excluding hydrogens is 222 g/mol. The highest BCUT2D eigenvalue weighted by molar-refractivity contribution is 5.82. The molecule has 17 heavy (non-hydrogen) atoms. The van der Waals surface area contributed by atoms with Crippen molar-refractivity contribution < 1.29 is 14.7 Å². The van der Waals surface area contributed by atoms with Gasteiger partial charge in [0, 0.05) is 26.2 Å². The predicted molar refractivity (Wildman–Crippen MR) is 63.8 cm³/mol. The molecule has 1 heterocycles. The smallest absolute Gasteiger partial charge is 0.322 e. The number of carboxylic acids is 1. The van der Waals surface area contributed by atoms with Crippen LogP contribution < -0.4 is 10.6 Å². The molecule has 1 rings (SSSR count). The molecule has 1 aliphatic heterocycles. The summed E-state index contributed by atoms with van der Waals surface area (Å²) >= 11 is 0. The number of carbonyl (C=O) groups excluding carboxylic acids is 1.